The molecule has 0 fully saturated rings. The van der Waals surface area contributed by atoms with Crippen LogP contribution in [0, 0.1) is 6.92 Å². The molecule has 1 aromatic heterocycles. The molecule has 0 aliphatic rings. The Bertz CT molecular complexity index is 652. The minimum Gasteiger partial charge on any atom is -0.325 e. The summed E-state index contributed by atoms with van der Waals surface area (Å²) in [5, 5.41) is 2.90. The summed E-state index contributed by atoms with van der Waals surface area (Å²) in [4.78, 5) is 29.8. The van der Waals surface area contributed by atoms with E-state index in [2.05, 4.69) is 15.3 Å². The van der Waals surface area contributed by atoms with Crippen molar-refractivity contribution in [2.24, 2.45) is 0 Å². The SMILES string of the molecule is Cc1ccc(NC(=O)[C@@H](C)Sc2nccc(=O)[nH]2)cc1. The van der Waals surface area contributed by atoms with Crippen molar-refractivity contribution in [1.29, 1.82) is 0 Å². The molecule has 1 heterocycles. The molecule has 2 aromatic rings. The number of benzene rings is 1. The highest BCUT2D eigenvalue weighted by Gasteiger charge is 2.15. The van der Waals surface area contributed by atoms with Gasteiger partial charge >= 0.3 is 0 Å². The minimum atomic E-state index is -0.359. The molecule has 0 saturated carbocycles. The fraction of sp³-hybridized carbons (Fsp3) is 0.214. The summed E-state index contributed by atoms with van der Waals surface area (Å²) in [5.41, 5.74) is 1.66. The maximum Gasteiger partial charge on any atom is 0.251 e. The van der Waals surface area contributed by atoms with E-state index >= 15 is 0 Å². The Morgan fingerprint density at radius 2 is 2.00 bits per heavy atom. The summed E-state index contributed by atoms with van der Waals surface area (Å²) in [6.45, 7) is 3.75. The average Bonchev–Trinajstić information content (AvgIpc) is 2.41. The Balaban J connectivity index is 1.98. The number of aromatic nitrogens is 2. The third-order valence-electron chi connectivity index (χ3n) is 2.62. The lowest BCUT2D eigenvalue weighted by Crippen LogP contribution is -2.23. The molecule has 0 unspecified atom stereocenters. The van der Waals surface area contributed by atoms with Crippen LogP contribution in [0.15, 0.2) is 46.5 Å². The highest BCUT2D eigenvalue weighted by molar-refractivity contribution is 8.00. The molecular weight excluding hydrogens is 274 g/mol. The van der Waals surface area contributed by atoms with Gasteiger partial charge in [0.1, 0.15) is 0 Å². The smallest absolute Gasteiger partial charge is 0.251 e. The molecule has 2 rings (SSSR count). The summed E-state index contributed by atoms with van der Waals surface area (Å²) in [7, 11) is 0. The van der Waals surface area contributed by atoms with Crippen molar-refractivity contribution in [2.75, 3.05) is 5.32 Å². The third kappa shape index (κ3) is 3.96. The first-order valence-corrected chi connectivity index (χ1v) is 7.02. The molecule has 0 aliphatic carbocycles. The normalized spacial score (nSPS) is 11.9. The van der Waals surface area contributed by atoms with Crippen LogP contribution in [0.25, 0.3) is 0 Å². The number of nitrogens with one attached hydrogen (secondary N) is 2. The second-order valence-electron chi connectivity index (χ2n) is 4.35. The maximum atomic E-state index is 12.0. The number of carbonyl (C=O) groups excluding carboxylic acids is 1. The van der Waals surface area contributed by atoms with Gasteiger partial charge in [-0.25, -0.2) is 4.98 Å². The number of carbonyl (C=O) groups is 1. The fourth-order valence-corrected chi connectivity index (χ4v) is 2.30. The first kappa shape index (κ1) is 14.3. The van der Waals surface area contributed by atoms with Gasteiger partial charge in [-0.05, 0) is 26.0 Å². The second kappa shape index (κ2) is 6.38. The summed E-state index contributed by atoms with van der Waals surface area (Å²) in [6.07, 6.45) is 1.42. The first-order chi connectivity index (χ1) is 9.54. The van der Waals surface area contributed by atoms with E-state index in [0.29, 0.717) is 5.16 Å². The van der Waals surface area contributed by atoms with Gasteiger partial charge in [-0.2, -0.15) is 0 Å². The van der Waals surface area contributed by atoms with E-state index in [1.165, 1.54) is 24.0 Å². The zero-order valence-corrected chi connectivity index (χ0v) is 12.0. The Hall–Kier alpha value is -2.08. The van der Waals surface area contributed by atoms with Gasteiger partial charge in [0.15, 0.2) is 5.16 Å². The molecule has 1 amide bonds. The number of H-pyrrole nitrogens is 1. The van der Waals surface area contributed by atoms with Gasteiger partial charge in [0.2, 0.25) is 5.91 Å². The summed E-state index contributed by atoms with van der Waals surface area (Å²) in [5.74, 6) is -0.134. The first-order valence-electron chi connectivity index (χ1n) is 6.14. The van der Waals surface area contributed by atoms with Crippen molar-refractivity contribution in [3.8, 4) is 0 Å². The van der Waals surface area contributed by atoms with E-state index in [-0.39, 0.29) is 16.7 Å². The molecule has 0 saturated heterocycles. The molecule has 1 atom stereocenters. The van der Waals surface area contributed by atoms with Crippen molar-refractivity contribution < 1.29 is 4.79 Å². The Morgan fingerprint density at radius 3 is 2.65 bits per heavy atom. The number of nitrogens with zero attached hydrogens (tertiary/aromatic N) is 1. The highest BCUT2D eigenvalue weighted by Crippen LogP contribution is 2.19. The number of amides is 1. The van der Waals surface area contributed by atoms with Crippen molar-refractivity contribution in [1.82, 2.24) is 9.97 Å². The van der Waals surface area contributed by atoms with Crippen LogP contribution in [0.1, 0.15) is 12.5 Å². The number of thioether (sulfide) groups is 1. The van der Waals surface area contributed by atoms with Gasteiger partial charge < -0.3 is 10.3 Å². The molecule has 2 N–H and O–H groups in total. The van der Waals surface area contributed by atoms with Crippen LogP contribution >= 0.6 is 11.8 Å². The molecule has 0 bridgehead atoms. The van der Waals surface area contributed by atoms with Crippen LogP contribution in [-0.4, -0.2) is 21.1 Å². The number of anilines is 1. The number of aromatic amines is 1. The lowest BCUT2D eigenvalue weighted by atomic mass is 10.2. The van der Waals surface area contributed by atoms with E-state index < -0.39 is 0 Å². The van der Waals surface area contributed by atoms with Gasteiger partial charge in [-0.3, -0.25) is 9.59 Å². The lowest BCUT2D eigenvalue weighted by Gasteiger charge is -2.11. The standard InChI is InChI=1S/C14H15N3O2S/c1-9-3-5-11(6-4-9)16-13(19)10(2)20-14-15-8-7-12(18)17-14/h3-8,10H,1-2H3,(H,16,19)(H,15,17,18)/t10-/m1/s1. The molecule has 0 spiro atoms. The van der Waals surface area contributed by atoms with Crippen LogP contribution in [-0.2, 0) is 4.79 Å². The quantitative estimate of drug-likeness (QED) is 0.668. The van der Waals surface area contributed by atoms with Crippen LogP contribution < -0.4 is 10.9 Å². The minimum absolute atomic E-state index is 0.134. The lowest BCUT2D eigenvalue weighted by molar-refractivity contribution is -0.115. The predicted molar refractivity (Wildman–Crippen MR) is 80.0 cm³/mol. The fourth-order valence-electron chi connectivity index (χ4n) is 1.51. The van der Waals surface area contributed by atoms with E-state index in [1.807, 2.05) is 31.2 Å². The van der Waals surface area contributed by atoms with Gasteiger partial charge in [0.05, 0.1) is 5.25 Å². The second-order valence-corrected chi connectivity index (χ2v) is 5.68. The van der Waals surface area contributed by atoms with E-state index in [4.69, 9.17) is 0 Å². The van der Waals surface area contributed by atoms with E-state index in [0.717, 1.165) is 11.3 Å². The van der Waals surface area contributed by atoms with Crippen LogP contribution in [0.2, 0.25) is 0 Å². The number of aryl methyl sites for hydroxylation is 1. The summed E-state index contributed by atoms with van der Waals surface area (Å²) < 4.78 is 0. The average molecular weight is 289 g/mol. The van der Waals surface area contributed by atoms with Gasteiger partial charge in [0.25, 0.3) is 5.56 Å². The van der Waals surface area contributed by atoms with Gasteiger partial charge in [-0.15, -0.1) is 0 Å². The zero-order valence-electron chi connectivity index (χ0n) is 11.2. The predicted octanol–water partition coefficient (Wildman–Crippen LogP) is 2.20. The van der Waals surface area contributed by atoms with E-state index in [9.17, 15) is 9.59 Å². The van der Waals surface area contributed by atoms with Crippen LogP contribution in [0.3, 0.4) is 0 Å². The molecule has 6 heteroatoms. The Morgan fingerprint density at radius 1 is 1.30 bits per heavy atom. The van der Waals surface area contributed by atoms with Crippen molar-refractivity contribution in [3.63, 3.8) is 0 Å². The largest absolute Gasteiger partial charge is 0.325 e. The molecule has 0 aliphatic heterocycles. The Kier molecular flexibility index (Phi) is 4.57. The zero-order chi connectivity index (χ0) is 14.5. The monoisotopic (exact) mass is 289 g/mol. The van der Waals surface area contributed by atoms with Gasteiger partial charge in [-0.1, -0.05) is 29.5 Å². The molecule has 104 valence electrons. The van der Waals surface area contributed by atoms with Crippen molar-refractivity contribution in [3.05, 3.63) is 52.4 Å². The highest BCUT2D eigenvalue weighted by atomic mass is 32.2. The molecule has 1 aromatic carbocycles. The van der Waals surface area contributed by atoms with E-state index in [1.54, 1.807) is 6.92 Å². The number of hydrogen-bond donors (Lipinski definition) is 2. The van der Waals surface area contributed by atoms with Crippen LogP contribution in [0.5, 0.6) is 0 Å². The van der Waals surface area contributed by atoms with Gasteiger partial charge in [0, 0.05) is 18.0 Å². The topological polar surface area (TPSA) is 74.8 Å². The molecule has 0 radical (unpaired) electrons. The molecular formula is C14H15N3O2S. The van der Waals surface area contributed by atoms with Crippen LogP contribution in [0.4, 0.5) is 5.69 Å². The number of rotatable bonds is 4. The summed E-state index contributed by atoms with van der Waals surface area (Å²) in [6, 6.07) is 8.91. The molecule has 20 heavy (non-hydrogen) atoms. The molecule has 5 nitrogen and oxygen atoms in total. The number of hydrogen-bond acceptors (Lipinski definition) is 4. The Labute approximate surface area is 120 Å². The maximum absolute atomic E-state index is 12.0. The van der Waals surface area contributed by atoms with Crippen molar-refractivity contribution >= 4 is 23.4 Å². The summed E-state index contributed by atoms with van der Waals surface area (Å²) >= 11 is 1.21. The third-order valence-corrected chi connectivity index (χ3v) is 3.62. The van der Waals surface area contributed by atoms with Crippen molar-refractivity contribution in [2.45, 2.75) is 24.3 Å².